The van der Waals surface area contributed by atoms with Crippen molar-refractivity contribution in [2.75, 3.05) is 19.7 Å². The van der Waals surface area contributed by atoms with Crippen LogP contribution in [0.1, 0.15) is 15.9 Å². The molecule has 5 heteroatoms. The molecule has 0 bridgehead atoms. The lowest BCUT2D eigenvalue weighted by Crippen LogP contribution is -2.45. The third kappa shape index (κ3) is 2.34. The van der Waals surface area contributed by atoms with Gasteiger partial charge in [-0.25, -0.2) is 4.39 Å². The number of hydrogen-bond donors (Lipinski definition) is 0. The zero-order valence-corrected chi connectivity index (χ0v) is 10.0. The summed E-state index contributed by atoms with van der Waals surface area (Å²) in [7, 11) is 0. The number of nitriles is 1. The first-order valence-electron chi connectivity index (χ1n) is 5.69. The van der Waals surface area contributed by atoms with Crippen LogP contribution >= 0.6 is 0 Å². The van der Waals surface area contributed by atoms with Gasteiger partial charge in [0.1, 0.15) is 5.82 Å². The van der Waals surface area contributed by atoms with Gasteiger partial charge < -0.3 is 9.64 Å². The maximum Gasteiger partial charge on any atom is 0.257 e. The van der Waals surface area contributed by atoms with Crippen molar-refractivity contribution in [2.24, 2.45) is 0 Å². The van der Waals surface area contributed by atoms with E-state index in [0.29, 0.717) is 18.7 Å². The molecular formula is C13H13FN2O2. The Labute approximate surface area is 105 Å². The number of ether oxygens (including phenoxy) is 1. The Kier molecular flexibility index (Phi) is 3.58. The maximum atomic E-state index is 13.8. The molecule has 1 saturated heterocycles. The van der Waals surface area contributed by atoms with Crippen molar-refractivity contribution in [2.45, 2.75) is 13.0 Å². The first kappa shape index (κ1) is 12.5. The molecule has 1 heterocycles. The largest absolute Gasteiger partial charge is 0.360 e. The molecule has 1 aromatic rings. The van der Waals surface area contributed by atoms with Crippen molar-refractivity contribution in [3.63, 3.8) is 0 Å². The van der Waals surface area contributed by atoms with Crippen LogP contribution in [0.3, 0.4) is 0 Å². The average Bonchev–Trinajstić information content (AvgIpc) is 2.41. The quantitative estimate of drug-likeness (QED) is 0.756. The fourth-order valence-corrected chi connectivity index (χ4v) is 1.89. The van der Waals surface area contributed by atoms with Gasteiger partial charge >= 0.3 is 0 Å². The third-order valence-electron chi connectivity index (χ3n) is 2.92. The topological polar surface area (TPSA) is 53.3 Å². The molecule has 0 aliphatic carbocycles. The van der Waals surface area contributed by atoms with E-state index in [1.54, 1.807) is 19.1 Å². The Morgan fingerprint density at radius 3 is 3.11 bits per heavy atom. The molecule has 0 N–H and O–H groups in total. The minimum Gasteiger partial charge on any atom is -0.360 e. The number of carbonyl (C=O) groups is 1. The highest BCUT2D eigenvalue weighted by atomic mass is 19.1. The highest BCUT2D eigenvalue weighted by Crippen LogP contribution is 2.16. The molecule has 18 heavy (non-hydrogen) atoms. The molecular weight excluding hydrogens is 235 g/mol. The average molecular weight is 248 g/mol. The first-order valence-corrected chi connectivity index (χ1v) is 5.69. The summed E-state index contributed by atoms with van der Waals surface area (Å²) in [6.45, 7) is 2.48. The van der Waals surface area contributed by atoms with Crippen molar-refractivity contribution in [1.29, 1.82) is 5.26 Å². The number of halogens is 1. The summed E-state index contributed by atoms with van der Waals surface area (Å²) in [5.41, 5.74) is 0.486. The van der Waals surface area contributed by atoms with Gasteiger partial charge in [0.2, 0.25) is 0 Å². The van der Waals surface area contributed by atoms with Gasteiger partial charge in [0.05, 0.1) is 24.8 Å². The zero-order chi connectivity index (χ0) is 13.1. The Morgan fingerprint density at radius 1 is 1.61 bits per heavy atom. The predicted molar refractivity (Wildman–Crippen MR) is 62.4 cm³/mol. The maximum absolute atomic E-state index is 13.8. The van der Waals surface area contributed by atoms with Gasteiger partial charge in [-0.3, -0.25) is 4.79 Å². The molecule has 0 radical (unpaired) electrons. The van der Waals surface area contributed by atoms with Gasteiger partial charge in [0.15, 0.2) is 6.10 Å². The second-order valence-electron chi connectivity index (χ2n) is 4.18. The van der Waals surface area contributed by atoms with E-state index in [1.807, 2.05) is 6.07 Å². The molecule has 0 spiro atoms. The van der Waals surface area contributed by atoms with E-state index in [9.17, 15) is 9.18 Å². The van der Waals surface area contributed by atoms with Gasteiger partial charge in [-0.2, -0.15) is 5.26 Å². The van der Waals surface area contributed by atoms with E-state index in [4.69, 9.17) is 10.00 Å². The predicted octanol–water partition coefficient (Wildman–Crippen LogP) is 1.50. The summed E-state index contributed by atoms with van der Waals surface area (Å²) in [5.74, 6) is -0.887. The first-order chi connectivity index (χ1) is 8.63. The lowest BCUT2D eigenvalue weighted by Gasteiger charge is -2.30. The van der Waals surface area contributed by atoms with Crippen LogP contribution in [0.2, 0.25) is 0 Å². The van der Waals surface area contributed by atoms with Crippen molar-refractivity contribution in [1.82, 2.24) is 4.90 Å². The van der Waals surface area contributed by atoms with Crippen molar-refractivity contribution >= 4 is 5.91 Å². The monoisotopic (exact) mass is 248 g/mol. The van der Waals surface area contributed by atoms with Crippen molar-refractivity contribution in [3.8, 4) is 6.07 Å². The summed E-state index contributed by atoms with van der Waals surface area (Å²) in [6.07, 6.45) is -0.629. The second-order valence-corrected chi connectivity index (χ2v) is 4.18. The molecule has 1 fully saturated rings. The number of benzene rings is 1. The van der Waals surface area contributed by atoms with Gasteiger partial charge in [-0.15, -0.1) is 0 Å². The summed E-state index contributed by atoms with van der Waals surface area (Å²) in [6, 6.07) is 6.68. The Balaban J connectivity index is 2.21. The SMILES string of the molecule is Cc1cccc(C(=O)N2CCOC(C#N)C2)c1F. The highest BCUT2D eigenvalue weighted by molar-refractivity contribution is 5.94. The van der Waals surface area contributed by atoms with Crippen LogP contribution < -0.4 is 0 Å². The Bertz CT molecular complexity index is 510. The van der Waals surface area contributed by atoms with Crippen molar-refractivity contribution < 1.29 is 13.9 Å². The van der Waals surface area contributed by atoms with Crippen LogP contribution in [0.4, 0.5) is 4.39 Å². The molecule has 94 valence electrons. The minimum atomic E-state index is -0.629. The van der Waals surface area contributed by atoms with Crippen LogP contribution in [0.25, 0.3) is 0 Å². The minimum absolute atomic E-state index is 0.0496. The van der Waals surface area contributed by atoms with Gasteiger partial charge in [-0.05, 0) is 18.6 Å². The van der Waals surface area contributed by atoms with E-state index in [1.165, 1.54) is 11.0 Å². The number of hydrogen-bond acceptors (Lipinski definition) is 3. The van der Waals surface area contributed by atoms with Crippen LogP contribution in [-0.4, -0.2) is 36.6 Å². The molecule has 1 unspecified atom stereocenters. The van der Waals surface area contributed by atoms with E-state index < -0.39 is 11.9 Å². The molecule has 1 aliphatic heterocycles. The van der Waals surface area contributed by atoms with E-state index >= 15 is 0 Å². The van der Waals surface area contributed by atoms with Crippen molar-refractivity contribution in [3.05, 3.63) is 35.1 Å². The third-order valence-corrected chi connectivity index (χ3v) is 2.92. The second kappa shape index (κ2) is 5.15. The number of morpholine rings is 1. The van der Waals surface area contributed by atoms with E-state index in [0.717, 1.165) is 0 Å². The fourth-order valence-electron chi connectivity index (χ4n) is 1.89. The molecule has 1 aromatic carbocycles. The molecule has 2 rings (SSSR count). The number of amides is 1. The summed E-state index contributed by atoms with van der Waals surface area (Å²) < 4.78 is 19.0. The fraction of sp³-hybridized carbons (Fsp3) is 0.385. The summed E-state index contributed by atoms with van der Waals surface area (Å²) in [4.78, 5) is 13.6. The highest BCUT2D eigenvalue weighted by Gasteiger charge is 2.26. The zero-order valence-electron chi connectivity index (χ0n) is 10.0. The van der Waals surface area contributed by atoms with Gasteiger partial charge in [-0.1, -0.05) is 12.1 Å². The smallest absolute Gasteiger partial charge is 0.257 e. The van der Waals surface area contributed by atoms with Crippen LogP contribution in [-0.2, 0) is 4.74 Å². The van der Waals surface area contributed by atoms with Crippen LogP contribution in [0, 0.1) is 24.1 Å². The summed E-state index contributed by atoms with van der Waals surface area (Å²) in [5, 5.41) is 8.77. The summed E-state index contributed by atoms with van der Waals surface area (Å²) >= 11 is 0. The van der Waals surface area contributed by atoms with E-state index in [-0.39, 0.29) is 18.0 Å². The molecule has 0 saturated carbocycles. The normalized spacial score (nSPS) is 19.4. The Hall–Kier alpha value is -1.93. The lowest BCUT2D eigenvalue weighted by atomic mass is 10.1. The van der Waals surface area contributed by atoms with Gasteiger partial charge in [0, 0.05) is 6.54 Å². The molecule has 4 nitrogen and oxygen atoms in total. The number of nitrogens with zero attached hydrogens (tertiary/aromatic N) is 2. The lowest BCUT2D eigenvalue weighted by molar-refractivity contribution is 0.00325. The number of rotatable bonds is 1. The van der Waals surface area contributed by atoms with Crippen LogP contribution in [0.15, 0.2) is 18.2 Å². The van der Waals surface area contributed by atoms with E-state index in [2.05, 4.69) is 0 Å². The molecule has 0 aromatic heterocycles. The van der Waals surface area contributed by atoms with Crippen LogP contribution in [0.5, 0.6) is 0 Å². The molecule has 1 amide bonds. The van der Waals surface area contributed by atoms with Gasteiger partial charge in [0.25, 0.3) is 5.91 Å². The molecule has 1 atom stereocenters. The molecule has 1 aliphatic rings. The standard InChI is InChI=1S/C13H13FN2O2/c1-9-3-2-4-11(12(9)14)13(17)16-5-6-18-10(7-15)8-16/h2-4,10H,5-6,8H2,1H3. The number of carbonyl (C=O) groups excluding carboxylic acids is 1. The Morgan fingerprint density at radius 2 is 2.39 bits per heavy atom. The number of aryl methyl sites for hydroxylation is 1.